The average molecular weight is 246 g/mol. The highest BCUT2D eigenvalue weighted by Gasteiger charge is 2.15. The number of rotatable bonds is 1. The molecule has 1 aliphatic rings. The van der Waals surface area contributed by atoms with E-state index < -0.39 is 0 Å². The highest BCUT2D eigenvalue weighted by molar-refractivity contribution is 6.42. The van der Waals surface area contributed by atoms with Crippen LogP contribution in [0.4, 0.5) is 0 Å². The van der Waals surface area contributed by atoms with Crippen LogP contribution in [-0.2, 0) is 4.74 Å². The SMILES string of the molecule is Clc1ccc([C@H]2CCNCCO2)cc1Cl. The lowest BCUT2D eigenvalue weighted by atomic mass is 10.1. The minimum Gasteiger partial charge on any atom is -0.372 e. The molecule has 0 unspecified atom stereocenters. The molecule has 1 saturated heterocycles. The summed E-state index contributed by atoms with van der Waals surface area (Å²) in [4.78, 5) is 0. The zero-order valence-corrected chi connectivity index (χ0v) is 9.81. The van der Waals surface area contributed by atoms with Crippen molar-refractivity contribution in [3.8, 4) is 0 Å². The summed E-state index contributed by atoms with van der Waals surface area (Å²) in [5, 5.41) is 4.47. The van der Waals surface area contributed by atoms with Crippen LogP contribution in [0.3, 0.4) is 0 Å². The molecule has 4 heteroatoms. The molecule has 0 saturated carbocycles. The molecule has 1 aromatic rings. The molecule has 0 spiro atoms. The Bertz CT molecular complexity index is 335. The van der Waals surface area contributed by atoms with Gasteiger partial charge in [0, 0.05) is 6.54 Å². The van der Waals surface area contributed by atoms with E-state index in [0.717, 1.165) is 31.7 Å². The Hall–Kier alpha value is -0.280. The summed E-state index contributed by atoms with van der Waals surface area (Å²) in [6, 6.07) is 5.69. The predicted molar refractivity (Wildman–Crippen MR) is 62.6 cm³/mol. The van der Waals surface area contributed by atoms with Gasteiger partial charge in [0.1, 0.15) is 0 Å². The Morgan fingerprint density at radius 3 is 2.87 bits per heavy atom. The first kappa shape index (κ1) is 11.2. The molecule has 2 nitrogen and oxygen atoms in total. The Kier molecular flexibility index (Phi) is 3.87. The van der Waals surface area contributed by atoms with Crippen LogP contribution in [0.2, 0.25) is 10.0 Å². The van der Waals surface area contributed by atoms with Crippen molar-refractivity contribution in [2.24, 2.45) is 0 Å². The van der Waals surface area contributed by atoms with Crippen molar-refractivity contribution in [1.29, 1.82) is 0 Å². The second kappa shape index (κ2) is 5.17. The fourth-order valence-electron chi connectivity index (χ4n) is 1.69. The molecule has 0 aromatic heterocycles. The molecule has 2 rings (SSSR count). The summed E-state index contributed by atoms with van der Waals surface area (Å²) < 4.78 is 5.72. The number of hydrogen-bond donors (Lipinski definition) is 1. The smallest absolute Gasteiger partial charge is 0.0838 e. The maximum atomic E-state index is 5.97. The fourth-order valence-corrected chi connectivity index (χ4v) is 2.00. The summed E-state index contributed by atoms with van der Waals surface area (Å²) in [5.74, 6) is 0. The molecular formula is C11H13Cl2NO. The highest BCUT2D eigenvalue weighted by atomic mass is 35.5. The van der Waals surface area contributed by atoms with Gasteiger partial charge in [-0.15, -0.1) is 0 Å². The molecule has 0 bridgehead atoms. The van der Waals surface area contributed by atoms with Crippen molar-refractivity contribution in [3.63, 3.8) is 0 Å². The first-order valence-corrected chi connectivity index (χ1v) is 5.80. The molecule has 82 valence electrons. The summed E-state index contributed by atoms with van der Waals surface area (Å²) in [6.07, 6.45) is 1.10. The molecule has 0 radical (unpaired) electrons. The van der Waals surface area contributed by atoms with E-state index in [4.69, 9.17) is 27.9 Å². The van der Waals surface area contributed by atoms with Crippen LogP contribution in [0, 0.1) is 0 Å². The van der Waals surface area contributed by atoms with Gasteiger partial charge in [0.05, 0.1) is 22.8 Å². The van der Waals surface area contributed by atoms with Crippen molar-refractivity contribution < 1.29 is 4.74 Å². The van der Waals surface area contributed by atoms with Gasteiger partial charge in [-0.25, -0.2) is 0 Å². The Morgan fingerprint density at radius 2 is 2.07 bits per heavy atom. The van der Waals surface area contributed by atoms with Gasteiger partial charge < -0.3 is 10.1 Å². The molecule has 1 aromatic carbocycles. The van der Waals surface area contributed by atoms with E-state index >= 15 is 0 Å². The average Bonchev–Trinajstić information content (AvgIpc) is 2.50. The Balaban J connectivity index is 2.16. The van der Waals surface area contributed by atoms with E-state index in [0.29, 0.717) is 10.0 Å². The van der Waals surface area contributed by atoms with Gasteiger partial charge in [0.2, 0.25) is 0 Å². The molecule has 1 fully saturated rings. The van der Waals surface area contributed by atoms with Crippen LogP contribution in [-0.4, -0.2) is 19.7 Å². The first-order chi connectivity index (χ1) is 7.27. The van der Waals surface area contributed by atoms with Crippen molar-refractivity contribution >= 4 is 23.2 Å². The van der Waals surface area contributed by atoms with E-state index in [-0.39, 0.29) is 6.10 Å². The lowest BCUT2D eigenvalue weighted by Crippen LogP contribution is -2.16. The number of ether oxygens (including phenoxy) is 1. The van der Waals surface area contributed by atoms with Crippen LogP contribution >= 0.6 is 23.2 Å². The first-order valence-electron chi connectivity index (χ1n) is 5.04. The van der Waals surface area contributed by atoms with Gasteiger partial charge in [-0.1, -0.05) is 29.3 Å². The summed E-state index contributed by atoms with van der Waals surface area (Å²) in [7, 11) is 0. The third kappa shape index (κ3) is 2.85. The van der Waals surface area contributed by atoms with Crippen molar-refractivity contribution in [3.05, 3.63) is 33.8 Å². The second-order valence-corrected chi connectivity index (χ2v) is 4.39. The van der Waals surface area contributed by atoms with E-state index in [1.54, 1.807) is 0 Å². The van der Waals surface area contributed by atoms with Crippen molar-refractivity contribution in [1.82, 2.24) is 5.32 Å². The van der Waals surface area contributed by atoms with Gasteiger partial charge in [-0.3, -0.25) is 0 Å². The molecule has 1 N–H and O–H groups in total. The van der Waals surface area contributed by atoms with E-state index in [1.807, 2.05) is 18.2 Å². The van der Waals surface area contributed by atoms with Crippen molar-refractivity contribution in [2.75, 3.05) is 19.7 Å². The Labute approximate surface area is 99.5 Å². The van der Waals surface area contributed by atoms with Crippen LogP contribution in [0.1, 0.15) is 18.1 Å². The standard InChI is InChI=1S/C11H13Cl2NO/c12-9-2-1-8(7-10(9)13)11-3-4-14-5-6-15-11/h1-2,7,11,14H,3-6H2/t11-/m1/s1. The minimum atomic E-state index is 0.134. The van der Waals surface area contributed by atoms with E-state index in [9.17, 15) is 0 Å². The largest absolute Gasteiger partial charge is 0.372 e. The maximum Gasteiger partial charge on any atom is 0.0838 e. The van der Waals surface area contributed by atoms with Crippen LogP contribution < -0.4 is 5.32 Å². The number of halogens is 2. The molecule has 15 heavy (non-hydrogen) atoms. The van der Waals surface area contributed by atoms with Crippen LogP contribution in [0.5, 0.6) is 0 Å². The van der Waals surface area contributed by atoms with Crippen LogP contribution in [0.25, 0.3) is 0 Å². The van der Waals surface area contributed by atoms with Gasteiger partial charge in [-0.2, -0.15) is 0 Å². The Morgan fingerprint density at radius 1 is 1.20 bits per heavy atom. The van der Waals surface area contributed by atoms with Gasteiger partial charge in [0.25, 0.3) is 0 Å². The van der Waals surface area contributed by atoms with Gasteiger partial charge >= 0.3 is 0 Å². The molecule has 0 aliphatic carbocycles. The van der Waals surface area contributed by atoms with Crippen LogP contribution in [0.15, 0.2) is 18.2 Å². The van der Waals surface area contributed by atoms with E-state index in [1.165, 1.54) is 0 Å². The summed E-state index contributed by atoms with van der Waals surface area (Å²) >= 11 is 11.8. The highest BCUT2D eigenvalue weighted by Crippen LogP contribution is 2.28. The second-order valence-electron chi connectivity index (χ2n) is 3.57. The lowest BCUT2D eigenvalue weighted by Gasteiger charge is -2.15. The topological polar surface area (TPSA) is 21.3 Å². The van der Waals surface area contributed by atoms with E-state index in [2.05, 4.69) is 5.32 Å². The fraction of sp³-hybridized carbons (Fsp3) is 0.455. The van der Waals surface area contributed by atoms with Gasteiger partial charge in [0.15, 0.2) is 0 Å². The molecular weight excluding hydrogens is 233 g/mol. The predicted octanol–water partition coefficient (Wildman–Crippen LogP) is 3.04. The minimum absolute atomic E-state index is 0.134. The number of benzene rings is 1. The maximum absolute atomic E-state index is 5.97. The molecule has 1 heterocycles. The third-order valence-electron chi connectivity index (χ3n) is 2.50. The van der Waals surface area contributed by atoms with Crippen molar-refractivity contribution in [2.45, 2.75) is 12.5 Å². The molecule has 0 amide bonds. The molecule has 1 atom stereocenters. The quantitative estimate of drug-likeness (QED) is 0.822. The normalized spacial score (nSPS) is 22.4. The summed E-state index contributed by atoms with van der Waals surface area (Å²) in [5.41, 5.74) is 1.10. The lowest BCUT2D eigenvalue weighted by molar-refractivity contribution is 0.0644. The zero-order valence-electron chi connectivity index (χ0n) is 8.30. The monoisotopic (exact) mass is 245 g/mol. The third-order valence-corrected chi connectivity index (χ3v) is 3.24. The number of nitrogens with one attached hydrogen (secondary N) is 1. The zero-order chi connectivity index (χ0) is 10.7. The number of hydrogen-bond acceptors (Lipinski definition) is 2. The molecule has 1 aliphatic heterocycles. The summed E-state index contributed by atoms with van der Waals surface area (Å²) in [6.45, 7) is 2.63. The van der Waals surface area contributed by atoms with Gasteiger partial charge in [-0.05, 0) is 30.7 Å².